The van der Waals surface area contributed by atoms with Crippen molar-refractivity contribution in [1.29, 1.82) is 0 Å². The molecular formula is C15H30N4. The number of nitrogens with one attached hydrogen (secondary N) is 1. The van der Waals surface area contributed by atoms with Crippen molar-refractivity contribution >= 4 is 11.5 Å². The van der Waals surface area contributed by atoms with Crippen molar-refractivity contribution in [2.45, 2.75) is 59.3 Å². The molecule has 0 aliphatic heterocycles. The van der Waals surface area contributed by atoms with E-state index in [1.807, 2.05) is 11.7 Å². The number of hydrogen-bond acceptors (Lipinski definition) is 3. The molecule has 0 saturated heterocycles. The van der Waals surface area contributed by atoms with E-state index in [2.05, 4.69) is 31.2 Å². The molecule has 0 aromatic carbocycles. The Morgan fingerprint density at radius 1 is 1.26 bits per heavy atom. The van der Waals surface area contributed by atoms with Gasteiger partial charge in [-0.25, -0.2) is 0 Å². The number of unbranched alkanes of at least 4 members (excludes halogenated alkanes) is 1. The van der Waals surface area contributed by atoms with Crippen LogP contribution in [-0.4, -0.2) is 16.3 Å². The lowest BCUT2D eigenvalue weighted by atomic mass is 9.99. The standard InChI is InChI=1S/C15H30N4/c1-5-8-10-12(7-3)11-17-15-14(16)13(9-6-2)18-19(15)4/h12,17H,5-11,16H2,1-4H3. The van der Waals surface area contributed by atoms with Crippen LogP contribution < -0.4 is 11.1 Å². The molecule has 1 aromatic rings. The normalized spacial score (nSPS) is 12.6. The van der Waals surface area contributed by atoms with E-state index in [4.69, 9.17) is 5.73 Å². The van der Waals surface area contributed by atoms with Crippen LogP contribution in [0.4, 0.5) is 11.5 Å². The molecule has 0 radical (unpaired) electrons. The number of anilines is 2. The first-order valence-electron chi connectivity index (χ1n) is 7.69. The Balaban J connectivity index is 2.61. The summed E-state index contributed by atoms with van der Waals surface area (Å²) in [6.45, 7) is 7.65. The zero-order valence-electron chi connectivity index (χ0n) is 13.0. The molecule has 0 spiro atoms. The van der Waals surface area contributed by atoms with Gasteiger partial charge in [-0.15, -0.1) is 0 Å². The molecule has 19 heavy (non-hydrogen) atoms. The summed E-state index contributed by atoms with van der Waals surface area (Å²) in [6.07, 6.45) is 7.11. The Labute approximate surface area is 117 Å². The summed E-state index contributed by atoms with van der Waals surface area (Å²) in [5.74, 6) is 1.71. The molecule has 1 atom stereocenters. The molecule has 0 saturated carbocycles. The number of aromatic nitrogens is 2. The fourth-order valence-electron chi connectivity index (χ4n) is 2.41. The maximum absolute atomic E-state index is 6.17. The van der Waals surface area contributed by atoms with E-state index in [0.29, 0.717) is 0 Å². The Bertz CT molecular complexity index is 370. The highest BCUT2D eigenvalue weighted by Gasteiger charge is 2.13. The Kier molecular flexibility index (Phi) is 6.74. The fraction of sp³-hybridized carbons (Fsp3) is 0.800. The van der Waals surface area contributed by atoms with E-state index in [1.165, 1.54) is 25.7 Å². The summed E-state index contributed by atoms with van der Waals surface area (Å²) in [5.41, 5.74) is 8.02. The van der Waals surface area contributed by atoms with Crippen LogP contribution in [0.1, 0.15) is 58.6 Å². The predicted octanol–water partition coefficient (Wildman–Crippen LogP) is 3.58. The molecule has 0 aliphatic carbocycles. The van der Waals surface area contributed by atoms with Gasteiger partial charge in [0.1, 0.15) is 5.82 Å². The number of aryl methyl sites for hydroxylation is 2. The van der Waals surface area contributed by atoms with Gasteiger partial charge in [0.15, 0.2) is 0 Å². The molecule has 0 amide bonds. The third-order valence-corrected chi connectivity index (χ3v) is 3.75. The van der Waals surface area contributed by atoms with E-state index < -0.39 is 0 Å². The maximum Gasteiger partial charge on any atom is 0.147 e. The molecule has 110 valence electrons. The molecule has 1 heterocycles. The third kappa shape index (κ3) is 4.44. The molecule has 3 N–H and O–H groups in total. The SMILES string of the molecule is CCCCC(CC)CNc1c(N)c(CCC)nn1C. The monoisotopic (exact) mass is 266 g/mol. The zero-order chi connectivity index (χ0) is 14.3. The van der Waals surface area contributed by atoms with Crippen LogP contribution in [0.25, 0.3) is 0 Å². The average molecular weight is 266 g/mol. The van der Waals surface area contributed by atoms with Crippen molar-refractivity contribution < 1.29 is 0 Å². The van der Waals surface area contributed by atoms with E-state index in [9.17, 15) is 0 Å². The molecule has 0 bridgehead atoms. The molecule has 0 aliphatic rings. The van der Waals surface area contributed by atoms with Gasteiger partial charge in [0.2, 0.25) is 0 Å². The Morgan fingerprint density at radius 2 is 2.00 bits per heavy atom. The van der Waals surface area contributed by atoms with Gasteiger partial charge in [0.25, 0.3) is 0 Å². The second-order valence-electron chi connectivity index (χ2n) is 5.38. The van der Waals surface area contributed by atoms with Crippen molar-refractivity contribution in [2.75, 3.05) is 17.6 Å². The Morgan fingerprint density at radius 3 is 2.58 bits per heavy atom. The van der Waals surface area contributed by atoms with Crippen molar-refractivity contribution in [1.82, 2.24) is 9.78 Å². The van der Waals surface area contributed by atoms with Crippen molar-refractivity contribution in [3.8, 4) is 0 Å². The van der Waals surface area contributed by atoms with E-state index in [1.54, 1.807) is 0 Å². The van der Waals surface area contributed by atoms with Crippen LogP contribution in [0.3, 0.4) is 0 Å². The number of nitrogens with two attached hydrogens (primary N) is 1. The Hall–Kier alpha value is -1.19. The van der Waals surface area contributed by atoms with Crippen molar-refractivity contribution in [2.24, 2.45) is 13.0 Å². The number of hydrogen-bond donors (Lipinski definition) is 2. The zero-order valence-corrected chi connectivity index (χ0v) is 13.0. The minimum atomic E-state index is 0.726. The molecule has 0 fully saturated rings. The van der Waals surface area contributed by atoms with Crippen LogP contribution in [0, 0.1) is 5.92 Å². The molecule has 1 rings (SSSR count). The highest BCUT2D eigenvalue weighted by molar-refractivity contribution is 5.65. The first kappa shape index (κ1) is 15.9. The number of nitrogen functional groups attached to an aromatic ring is 1. The van der Waals surface area contributed by atoms with Gasteiger partial charge in [0, 0.05) is 13.6 Å². The lowest BCUT2D eigenvalue weighted by Crippen LogP contribution is -2.16. The summed E-state index contributed by atoms with van der Waals surface area (Å²) >= 11 is 0. The second-order valence-corrected chi connectivity index (χ2v) is 5.38. The largest absolute Gasteiger partial charge is 0.394 e. The molecule has 4 nitrogen and oxygen atoms in total. The third-order valence-electron chi connectivity index (χ3n) is 3.75. The van der Waals surface area contributed by atoms with Gasteiger partial charge in [0.05, 0.1) is 11.4 Å². The van der Waals surface area contributed by atoms with E-state index in [-0.39, 0.29) is 0 Å². The molecular weight excluding hydrogens is 236 g/mol. The fourth-order valence-corrected chi connectivity index (χ4v) is 2.41. The van der Waals surface area contributed by atoms with Gasteiger partial charge in [-0.05, 0) is 18.8 Å². The van der Waals surface area contributed by atoms with Crippen LogP contribution in [-0.2, 0) is 13.5 Å². The first-order valence-corrected chi connectivity index (χ1v) is 7.69. The highest BCUT2D eigenvalue weighted by atomic mass is 15.3. The second kappa shape index (κ2) is 8.08. The molecule has 1 unspecified atom stereocenters. The smallest absolute Gasteiger partial charge is 0.147 e. The highest BCUT2D eigenvalue weighted by Crippen LogP contribution is 2.24. The van der Waals surface area contributed by atoms with Crippen molar-refractivity contribution in [3.05, 3.63) is 5.69 Å². The summed E-state index contributed by atoms with van der Waals surface area (Å²) in [7, 11) is 1.96. The lowest BCUT2D eigenvalue weighted by Gasteiger charge is -2.16. The van der Waals surface area contributed by atoms with Gasteiger partial charge < -0.3 is 11.1 Å². The quantitative estimate of drug-likeness (QED) is 0.718. The minimum Gasteiger partial charge on any atom is -0.394 e. The number of nitrogens with zero attached hydrogens (tertiary/aromatic N) is 2. The summed E-state index contributed by atoms with van der Waals surface area (Å²) < 4.78 is 1.88. The summed E-state index contributed by atoms with van der Waals surface area (Å²) in [4.78, 5) is 0. The van der Waals surface area contributed by atoms with Crippen LogP contribution in [0.5, 0.6) is 0 Å². The summed E-state index contributed by atoms with van der Waals surface area (Å²) in [6, 6.07) is 0. The van der Waals surface area contributed by atoms with Gasteiger partial charge in [-0.3, -0.25) is 4.68 Å². The van der Waals surface area contributed by atoms with E-state index in [0.717, 1.165) is 42.5 Å². The number of rotatable bonds is 9. The molecule has 1 aromatic heterocycles. The first-order chi connectivity index (χ1) is 9.13. The molecule has 4 heteroatoms. The minimum absolute atomic E-state index is 0.726. The lowest BCUT2D eigenvalue weighted by molar-refractivity contribution is 0.471. The summed E-state index contributed by atoms with van der Waals surface area (Å²) in [5, 5.41) is 7.99. The van der Waals surface area contributed by atoms with Crippen molar-refractivity contribution in [3.63, 3.8) is 0 Å². The maximum atomic E-state index is 6.17. The van der Waals surface area contributed by atoms with Crippen LogP contribution in [0.15, 0.2) is 0 Å². The topological polar surface area (TPSA) is 55.9 Å². The average Bonchev–Trinajstić information content (AvgIpc) is 2.66. The van der Waals surface area contributed by atoms with Crippen LogP contribution >= 0.6 is 0 Å². The van der Waals surface area contributed by atoms with Crippen LogP contribution in [0.2, 0.25) is 0 Å². The van der Waals surface area contributed by atoms with E-state index >= 15 is 0 Å². The predicted molar refractivity (Wildman–Crippen MR) is 83.4 cm³/mol. The van der Waals surface area contributed by atoms with Gasteiger partial charge in [-0.2, -0.15) is 5.10 Å². The van der Waals surface area contributed by atoms with Gasteiger partial charge >= 0.3 is 0 Å². The van der Waals surface area contributed by atoms with Gasteiger partial charge in [-0.1, -0.05) is 46.5 Å².